The zero-order valence-corrected chi connectivity index (χ0v) is 12.0. The molecule has 3 N–H and O–H groups in total. The lowest BCUT2D eigenvalue weighted by Gasteiger charge is -2.12. The highest BCUT2D eigenvalue weighted by Gasteiger charge is 2.17. The summed E-state index contributed by atoms with van der Waals surface area (Å²) in [5.41, 5.74) is 8.57. The van der Waals surface area contributed by atoms with Crippen LogP contribution in [0.4, 0.5) is 5.69 Å². The van der Waals surface area contributed by atoms with Crippen LogP contribution >= 0.6 is 0 Å². The largest absolute Gasteiger partial charge is 0.324 e. The lowest BCUT2D eigenvalue weighted by Crippen LogP contribution is -2.27. The number of rotatable bonds is 4. The van der Waals surface area contributed by atoms with Gasteiger partial charge in [0.25, 0.3) is 0 Å². The van der Waals surface area contributed by atoms with Crippen molar-refractivity contribution in [1.29, 1.82) is 0 Å². The number of nitrogens with one attached hydrogen (secondary N) is 1. The Bertz CT molecular complexity index is 603. The van der Waals surface area contributed by atoms with Gasteiger partial charge in [0.05, 0.1) is 6.20 Å². The van der Waals surface area contributed by atoms with Gasteiger partial charge in [-0.25, -0.2) is 0 Å². The van der Waals surface area contributed by atoms with Gasteiger partial charge in [0.2, 0.25) is 5.91 Å². The maximum atomic E-state index is 12.1. The van der Waals surface area contributed by atoms with E-state index in [0.29, 0.717) is 11.5 Å². The van der Waals surface area contributed by atoms with Crippen molar-refractivity contribution in [2.45, 2.75) is 25.8 Å². The molecule has 1 aromatic heterocycles. The van der Waals surface area contributed by atoms with E-state index in [-0.39, 0.29) is 5.91 Å². The first kappa shape index (κ1) is 14.3. The van der Waals surface area contributed by atoms with Crippen molar-refractivity contribution >= 4 is 11.6 Å². The highest BCUT2D eigenvalue weighted by molar-refractivity contribution is 5.95. The first-order valence-corrected chi connectivity index (χ1v) is 6.62. The molecular formula is C15H20N4O. The zero-order chi connectivity index (χ0) is 14.7. The standard InChI is InChI=1S/C15H20N4O/c1-10(2)11-5-4-6-13(7-11)18-15(20)14(16)12-8-17-19(3)9-12/h4-10,14H,16H2,1-3H3,(H,18,20). The minimum Gasteiger partial charge on any atom is -0.324 e. The number of nitrogens with zero attached hydrogens (tertiary/aromatic N) is 2. The van der Waals surface area contributed by atoms with Crippen LogP contribution in [0.3, 0.4) is 0 Å². The fourth-order valence-electron chi connectivity index (χ4n) is 1.95. The lowest BCUT2D eigenvalue weighted by atomic mass is 10.0. The topological polar surface area (TPSA) is 72.9 Å². The molecule has 1 atom stereocenters. The molecule has 0 aliphatic rings. The van der Waals surface area contributed by atoms with Gasteiger partial charge in [-0.3, -0.25) is 9.48 Å². The summed E-state index contributed by atoms with van der Waals surface area (Å²) in [6.07, 6.45) is 3.35. The first-order valence-electron chi connectivity index (χ1n) is 6.62. The number of aryl methyl sites for hydroxylation is 1. The molecule has 1 heterocycles. The van der Waals surface area contributed by atoms with Crippen LogP contribution in [0, 0.1) is 0 Å². The van der Waals surface area contributed by atoms with E-state index in [1.54, 1.807) is 24.1 Å². The Morgan fingerprint density at radius 1 is 1.35 bits per heavy atom. The molecule has 0 bridgehead atoms. The summed E-state index contributed by atoms with van der Waals surface area (Å²) < 4.78 is 1.63. The van der Waals surface area contributed by atoms with Crippen LogP contribution in [0.15, 0.2) is 36.7 Å². The molecule has 1 amide bonds. The molecule has 2 aromatic rings. The van der Waals surface area contributed by atoms with Crippen molar-refractivity contribution in [3.05, 3.63) is 47.8 Å². The summed E-state index contributed by atoms with van der Waals surface area (Å²) in [7, 11) is 1.79. The van der Waals surface area contributed by atoms with Crippen molar-refractivity contribution in [2.75, 3.05) is 5.32 Å². The minimum absolute atomic E-state index is 0.237. The molecule has 0 aliphatic carbocycles. The van der Waals surface area contributed by atoms with Crippen LogP contribution in [-0.2, 0) is 11.8 Å². The Labute approximate surface area is 118 Å². The molecule has 5 heteroatoms. The quantitative estimate of drug-likeness (QED) is 0.896. The van der Waals surface area contributed by atoms with Crippen molar-refractivity contribution in [3.63, 3.8) is 0 Å². The normalized spacial score (nSPS) is 12.4. The molecule has 5 nitrogen and oxygen atoms in total. The predicted molar refractivity (Wildman–Crippen MR) is 79.3 cm³/mol. The number of hydrogen-bond donors (Lipinski definition) is 2. The summed E-state index contributed by atoms with van der Waals surface area (Å²) >= 11 is 0. The van der Waals surface area contributed by atoms with Crippen molar-refractivity contribution in [1.82, 2.24) is 9.78 Å². The van der Waals surface area contributed by atoms with Gasteiger partial charge in [-0.1, -0.05) is 26.0 Å². The Morgan fingerprint density at radius 2 is 2.10 bits per heavy atom. The van der Waals surface area contributed by atoms with E-state index in [1.807, 2.05) is 24.3 Å². The number of nitrogens with two attached hydrogens (primary N) is 1. The number of carbonyl (C=O) groups is 1. The maximum Gasteiger partial charge on any atom is 0.246 e. The Hall–Kier alpha value is -2.14. The lowest BCUT2D eigenvalue weighted by molar-refractivity contribution is -0.117. The average molecular weight is 272 g/mol. The molecule has 2 rings (SSSR count). The number of hydrogen-bond acceptors (Lipinski definition) is 3. The summed E-state index contributed by atoms with van der Waals surface area (Å²) in [5, 5.41) is 6.86. The predicted octanol–water partition coefficient (Wildman–Crippen LogP) is 2.18. The van der Waals surface area contributed by atoms with Gasteiger partial charge in [-0.2, -0.15) is 5.10 Å². The van der Waals surface area contributed by atoms with Gasteiger partial charge in [-0.15, -0.1) is 0 Å². The third kappa shape index (κ3) is 3.24. The fourth-order valence-corrected chi connectivity index (χ4v) is 1.95. The van der Waals surface area contributed by atoms with Gasteiger partial charge < -0.3 is 11.1 Å². The molecule has 20 heavy (non-hydrogen) atoms. The molecule has 1 aromatic carbocycles. The molecular weight excluding hydrogens is 252 g/mol. The van der Waals surface area contributed by atoms with Crippen LogP contribution < -0.4 is 11.1 Å². The van der Waals surface area contributed by atoms with E-state index in [1.165, 1.54) is 5.56 Å². The molecule has 1 unspecified atom stereocenters. The molecule has 0 saturated heterocycles. The van der Waals surface area contributed by atoms with Crippen molar-refractivity contribution in [2.24, 2.45) is 12.8 Å². The van der Waals surface area contributed by atoms with Crippen molar-refractivity contribution < 1.29 is 4.79 Å². The molecule has 106 valence electrons. The molecule has 0 saturated carbocycles. The molecule has 0 spiro atoms. The van der Waals surface area contributed by atoms with Crippen LogP contribution in [0.5, 0.6) is 0 Å². The van der Waals surface area contributed by atoms with Crippen LogP contribution in [0.1, 0.15) is 36.9 Å². The average Bonchev–Trinajstić information content (AvgIpc) is 2.84. The third-order valence-electron chi connectivity index (χ3n) is 3.19. The summed E-state index contributed by atoms with van der Waals surface area (Å²) in [5.74, 6) is 0.178. The van der Waals surface area contributed by atoms with E-state index in [9.17, 15) is 4.79 Å². The van der Waals surface area contributed by atoms with E-state index in [2.05, 4.69) is 24.3 Å². The Balaban J connectivity index is 2.09. The van der Waals surface area contributed by atoms with E-state index in [4.69, 9.17) is 5.73 Å². The maximum absolute atomic E-state index is 12.1. The molecule has 0 aliphatic heterocycles. The first-order chi connectivity index (χ1) is 9.47. The van der Waals surface area contributed by atoms with Gasteiger partial charge in [-0.05, 0) is 23.6 Å². The van der Waals surface area contributed by atoms with Gasteiger partial charge in [0.1, 0.15) is 6.04 Å². The highest BCUT2D eigenvalue weighted by Crippen LogP contribution is 2.19. The van der Waals surface area contributed by atoms with E-state index < -0.39 is 6.04 Å². The summed E-state index contributed by atoms with van der Waals surface area (Å²) in [6.45, 7) is 4.23. The van der Waals surface area contributed by atoms with Gasteiger partial charge in [0, 0.05) is 24.5 Å². The number of amides is 1. The SMILES string of the molecule is CC(C)c1cccc(NC(=O)C(N)c2cnn(C)c2)c1. The van der Waals surface area contributed by atoms with E-state index >= 15 is 0 Å². The smallest absolute Gasteiger partial charge is 0.246 e. The second-order valence-corrected chi connectivity index (χ2v) is 5.19. The van der Waals surface area contributed by atoms with Crippen LogP contribution in [0.2, 0.25) is 0 Å². The second kappa shape index (κ2) is 5.88. The molecule has 0 fully saturated rings. The second-order valence-electron chi connectivity index (χ2n) is 5.19. The van der Waals surface area contributed by atoms with Gasteiger partial charge in [0.15, 0.2) is 0 Å². The summed E-state index contributed by atoms with van der Waals surface area (Å²) in [6, 6.07) is 7.09. The minimum atomic E-state index is -0.716. The Morgan fingerprint density at radius 3 is 2.70 bits per heavy atom. The number of anilines is 1. The molecule has 0 radical (unpaired) electrons. The van der Waals surface area contributed by atoms with Crippen LogP contribution in [-0.4, -0.2) is 15.7 Å². The monoisotopic (exact) mass is 272 g/mol. The Kier molecular flexibility index (Phi) is 4.20. The third-order valence-corrected chi connectivity index (χ3v) is 3.19. The summed E-state index contributed by atoms with van der Waals surface area (Å²) in [4.78, 5) is 12.1. The number of benzene rings is 1. The van der Waals surface area contributed by atoms with Crippen molar-refractivity contribution in [3.8, 4) is 0 Å². The number of carbonyl (C=O) groups excluding carboxylic acids is 1. The number of aromatic nitrogens is 2. The zero-order valence-electron chi connectivity index (χ0n) is 12.0. The van der Waals surface area contributed by atoms with E-state index in [0.717, 1.165) is 5.69 Å². The highest BCUT2D eigenvalue weighted by atomic mass is 16.2. The van der Waals surface area contributed by atoms with Gasteiger partial charge >= 0.3 is 0 Å². The fraction of sp³-hybridized carbons (Fsp3) is 0.333. The van der Waals surface area contributed by atoms with Crippen LogP contribution in [0.25, 0.3) is 0 Å².